The highest BCUT2D eigenvalue weighted by atomic mass is 32.1. The number of carbonyl (C=O) groups excluding carboxylic acids is 1. The molecule has 0 fully saturated rings. The number of aromatic nitrogens is 2. The van der Waals surface area contributed by atoms with Gasteiger partial charge in [-0.2, -0.15) is 0 Å². The van der Waals surface area contributed by atoms with Crippen molar-refractivity contribution < 1.29 is 13.9 Å². The first-order valence-electron chi connectivity index (χ1n) is 8.35. The number of esters is 1. The highest BCUT2D eigenvalue weighted by Crippen LogP contribution is 2.33. The molecule has 3 heterocycles. The number of ether oxygens (including phenoxy) is 1. The summed E-state index contributed by atoms with van der Waals surface area (Å²) in [6.45, 7) is 1.70. The summed E-state index contributed by atoms with van der Waals surface area (Å²) in [5.74, 6) is 0.0807. The predicted molar refractivity (Wildman–Crippen MR) is 93.7 cm³/mol. The van der Waals surface area contributed by atoms with E-state index in [2.05, 4.69) is 4.98 Å². The van der Waals surface area contributed by atoms with Crippen LogP contribution in [0.5, 0.6) is 0 Å². The lowest BCUT2D eigenvalue weighted by Crippen LogP contribution is -2.29. The monoisotopic (exact) mass is 358 g/mol. The fraction of sp³-hybridized carbons (Fsp3) is 0.389. The number of thiophene rings is 1. The quantitative estimate of drug-likeness (QED) is 0.670. The lowest BCUT2D eigenvalue weighted by molar-refractivity contribution is -0.149. The first-order valence-corrected chi connectivity index (χ1v) is 9.17. The van der Waals surface area contributed by atoms with Crippen LogP contribution in [0, 0.1) is 0 Å². The maximum Gasteiger partial charge on any atom is 0.329 e. The summed E-state index contributed by atoms with van der Waals surface area (Å²) in [4.78, 5) is 31.7. The van der Waals surface area contributed by atoms with Crippen molar-refractivity contribution in [3.05, 3.63) is 51.3 Å². The minimum atomic E-state index is -0.737. The highest BCUT2D eigenvalue weighted by Gasteiger charge is 2.24. The van der Waals surface area contributed by atoms with E-state index in [1.165, 1.54) is 22.0 Å². The van der Waals surface area contributed by atoms with Gasteiger partial charge in [0, 0.05) is 4.88 Å². The summed E-state index contributed by atoms with van der Waals surface area (Å²) in [5.41, 5.74) is 0.959. The summed E-state index contributed by atoms with van der Waals surface area (Å²) < 4.78 is 11.8. The largest absolute Gasteiger partial charge is 0.466 e. The van der Waals surface area contributed by atoms with Crippen LogP contribution in [-0.2, 0) is 29.0 Å². The van der Waals surface area contributed by atoms with Crippen molar-refractivity contribution in [2.75, 3.05) is 0 Å². The van der Waals surface area contributed by atoms with E-state index in [4.69, 9.17) is 9.15 Å². The molecule has 0 aromatic carbocycles. The zero-order chi connectivity index (χ0) is 17.4. The van der Waals surface area contributed by atoms with Crippen LogP contribution < -0.4 is 5.56 Å². The molecule has 6 nitrogen and oxygen atoms in total. The van der Waals surface area contributed by atoms with E-state index in [1.807, 2.05) is 0 Å². The molecule has 25 heavy (non-hydrogen) atoms. The fourth-order valence-corrected chi connectivity index (χ4v) is 4.43. The van der Waals surface area contributed by atoms with Crippen molar-refractivity contribution in [3.63, 3.8) is 0 Å². The summed E-state index contributed by atoms with van der Waals surface area (Å²) in [6.07, 6.45) is 7.14. The summed E-state index contributed by atoms with van der Waals surface area (Å²) in [5, 5.41) is 0.674. The minimum absolute atomic E-state index is 0.0500. The Hall–Kier alpha value is -2.41. The zero-order valence-corrected chi connectivity index (χ0v) is 14.7. The Bertz CT molecular complexity index is 971. The third kappa shape index (κ3) is 2.89. The molecule has 0 unspecified atom stereocenters. The van der Waals surface area contributed by atoms with Crippen LogP contribution in [0.15, 0.2) is 33.9 Å². The molecule has 0 amide bonds. The molecular weight excluding hydrogens is 340 g/mol. The van der Waals surface area contributed by atoms with E-state index in [1.54, 1.807) is 30.4 Å². The molecule has 4 rings (SSSR count). The molecule has 1 aliphatic rings. The van der Waals surface area contributed by atoms with Gasteiger partial charge in [-0.15, -0.1) is 11.3 Å². The van der Waals surface area contributed by atoms with Gasteiger partial charge in [-0.25, -0.2) is 9.78 Å². The molecule has 7 heteroatoms. The molecule has 0 radical (unpaired) electrons. The molecule has 0 saturated carbocycles. The van der Waals surface area contributed by atoms with E-state index in [9.17, 15) is 9.59 Å². The predicted octanol–water partition coefficient (Wildman–Crippen LogP) is 3.23. The van der Waals surface area contributed by atoms with Gasteiger partial charge in [0.25, 0.3) is 5.56 Å². The standard InChI is InChI=1S/C18H18N2O4S/c1-11(18(22)24-9-12-5-4-8-23-12)20-10-19-16-15(17(20)21)13-6-2-3-7-14(13)25-16/h4-5,8,10-11H,2-3,6-7,9H2,1H3/t11-/m0/s1. The molecule has 0 spiro atoms. The van der Waals surface area contributed by atoms with Gasteiger partial charge in [0.1, 0.15) is 23.2 Å². The van der Waals surface area contributed by atoms with E-state index < -0.39 is 12.0 Å². The van der Waals surface area contributed by atoms with Gasteiger partial charge in [0.15, 0.2) is 0 Å². The molecule has 3 aromatic rings. The molecule has 0 N–H and O–H groups in total. The van der Waals surface area contributed by atoms with Crippen molar-refractivity contribution in [2.24, 2.45) is 0 Å². The Labute approximate surface area is 148 Å². The van der Waals surface area contributed by atoms with Crippen molar-refractivity contribution in [1.82, 2.24) is 9.55 Å². The second-order valence-corrected chi connectivity index (χ2v) is 7.29. The first-order chi connectivity index (χ1) is 12.1. The first kappa shape index (κ1) is 16.1. The van der Waals surface area contributed by atoms with Crippen molar-refractivity contribution in [2.45, 2.75) is 45.3 Å². The average molecular weight is 358 g/mol. The topological polar surface area (TPSA) is 74.3 Å². The molecule has 130 valence electrons. The molecule has 0 aliphatic heterocycles. The molecule has 1 atom stereocenters. The number of furan rings is 1. The van der Waals surface area contributed by atoms with Gasteiger partial charge in [-0.1, -0.05) is 0 Å². The number of nitrogens with zero attached hydrogens (tertiary/aromatic N) is 2. The van der Waals surface area contributed by atoms with Gasteiger partial charge in [0.05, 0.1) is 18.0 Å². The lowest BCUT2D eigenvalue weighted by atomic mass is 9.97. The molecular formula is C18H18N2O4S. The molecule has 0 bridgehead atoms. The number of hydrogen-bond donors (Lipinski definition) is 0. The zero-order valence-electron chi connectivity index (χ0n) is 13.9. The van der Waals surface area contributed by atoms with Gasteiger partial charge in [-0.3, -0.25) is 9.36 Å². The normalized spacial score (nSPS) is 15.1. The van der Waals surface area contributed by atoms with Crippen LogP contribution in [-0.4, -0.2) is 15.5 Å². The Morgan fingerprint density at radius 2 is 2.28 bits per heavy atom. The molecule has 3 aromatic heterocycles. The average Bonchev–Trinajstić information content (AvgIpc) is 3.26. The summed E-state index contributed by atoms with van der Waals surface area (Å²) >= 11 is 1.60. The van der Waals surface area contributed by atoms with Crippen molar-refractivity contribution in [3.8, 4) is 0 Å². The maximum absolute atomic E-state index is 12.9. The second kappa shape index (κ2) is 6.48. The van der Waals surface area contributed by atoms with Gasteiger partial charge in [0.2, 0.25) is 0 Å². The maximum atomic E-state index is 12.9. The summed E-state index contributed by atoms with van der Waals surface area (Å²) in [6, 6.07) is 2.72. The Morgan fingerprint density at radius 1 is 1.44 bits per heavy atom. The van der Waals surface area contributed by atoms with Crippen molar-refractivity contribution in [1.29, 1.82) is 0 Å². The van der Waals surface area contributed by atoms with E-state index in [0.717, 1.165) is 36.1 Å². The summed E-state index contributed by atoms with van der Waals surface area (Å²) in [7, 11) is 0. The fourth-order valence-electron chi connectivity index (χ4n) is 3.21. The Kier molecular flexibility index (Phi) is 4.17. The van der Waals surface area contributed by atoms with Crippen LogP contribution >= 0.6 is 11.3 Å². The van der Waals surface area contributed by atoms with Crippen LogP contribution in [0.2, 0.25) is 0 Å². The number of fused-ring (bicyclic) bond motifs is 3. The third-order valence-corrected chi connectivity index (χ3v) is 5.80. The number of hydrogen-bond acceptors (Lipinski definition) is 6. The smallest absolute Gasteiger partial charge is 0.329 e. The Balaban J connectivity index is 1.63. The second-order valence-electron chi connectivity index (χ2n) is 6.21. The van der Waals surface area contributed by atoms with Crippen molar-refractivity contribution >= 4 is 27.5 Å². The third-order valence-electron chi connectivity index (χ3n) is 4.60. The van der Waals surface area contributed by atoms with Gasteiger partial charge >= 0.3 is 5.97 Å². The van der Waals surface area contributed by atoms with Gasteiger partial charge in [-0.05, 0) is 50.3 Å². The van der Waals surface area contributed by atoms with E-state index in [-0.39, 0.29) is 12.2 Å². The number of aryl methyl sites for hydroxylation is 2. The Morgan fingerprint density at radius 3 is 3.08 bits per heavy atom. The number of rotatable bonds is 4. The lowest BCUT2D eigenvalue weighted by Gasteiger charge is -2.14. The molecule has 0 saturated heterocycles. The van der Waals surface area contributed by atoms with E-state index in [0.29, 0.717) is 11.1 Å². The molecule has 1 aliphatic carbocycles. The van der Waals surface area contributed by atoms with Crippen LogP contribution in [0.3, 0.4) is 0 Å². The van der Waals surface area contributed by atoms with Crippen LogP contribution in [0.1, 0.15) is 42.0 Å². The van der Waals surface area contributed by atoms with E-state index >= 15 is 0 Å². The number of carbonyl (C=O) groups is 1. The minimum Gasteiger partial charge on any atom is -0.466 e. The SMILES string of the molecule is C[C@@H](C(=O)OCc1ccco1)n1cnc2sc3c(c2c1=O)CCCC3. The highest BCUT2D eigenvalue weighted by molar-refractivity contribution is 7.18. The van der Waals surface area contributed by atoms with Crippen LogP contribution in [0.4, 0.5) is 0 Å². The van der Waals surface area contributed by atoms with Crippen LogP contribution in [0.25, 0.3) is 10.2 Å². The van der Waals surface area contributed by atoms with Gasteiger partial charge < -0.3 is 9.15 Å².